The van der Waals surface area contributed by atoms with Crippen LogP contribution in [0.15, 0.2) is 0 Å². The third-order valence-corrected chi connectivity index (χ3v) is 3.57. The SMILES string of the molecule is CCCCCCCC(C)C(C)(C(=O)[O-])C(=O)[O-].[K+].[Na+]. The molecule has 0 aromatic rings. The van der Waals surface area contributed by atoms with E-state index in [2.05, 4.69) is 6.92 Å². The van der Waals surface area contributed by atoms with E-state index in [1.165, 1.54) is 6.92 Å². The average molecular weight is 304 g/mol. The van der Waals surface area contributed by atoms with E-state index < -0.39 is 23.3 Å². The summed E-state index contributed by atoms with van der Waals surface area (Å²) in [5.41, 5.74) is -1.88. The second-order valence-electron chi connectivity index (χ2n) is 4.88. The number of carbonyl (C=O) groups excluding carboxylic acids is 2. The summed E-state index contributed by atoms with van der Waals surface area (Å²) in [7, 11) is 0. The van der Waals surface area contributed by atoms with Crippen molar-refractivity contribution in [3.8, 4) is 0 Å². The Morgan fingerprint density at radius 3 is 1.84 bits per heavy atom. The van der Waals surface area contributed by atoms with Crippen molar-refractivity contribution in [2.24, 2.45) is 11.3 Å². The van der Waals surface area contributed by atoms with E-state index in [-0.39, 0.29) is 80.9 Å². The predicted octanol–water partition coefficient (Wildman–Crippen LogP) is -5.50. The molecule has 0 heterocycles. The Morgan fingerprint density at radius 1 is 1.05 bits per heavy atom. The monoisotopic (exact) mass is 304 g/mol. The zero-order chi connectivity index (χ0) is 13.5. The van der Waals surface area contributed by atoms with Crippen LogP contribution in [-0.2, 0) is 9.59 Å². The van der Waals surface area contributed by atoms with E-state index in [9.17, 15) is 19.8 Å². The Labute approximate surface area is 180 Å². The van der Waals surface area contributed by atoms with Crippen molar-refractivity contribution in [3.63, 3.8) is 0 Å². The Bertz CT molecular complexity index is 257. The molecule has 0 spiro atoms. The van der Waals surface area contributed by atoms with Crippen LogP contribution < -0.4 is 91.2 Å². The van der Waals surface area contributed by atoms with Crippen LogP contribution >= 0.6 is 0 Å². The smallest absolute Gasteiger partial charge is 0.549 e. The largest absolute Gasteiger partial charge is 1.00 e. The summed E-state index contributed by atoms with van der Waals surface area (Å²) >= 11 is 0. The molecule has 0 N–H and O–H groups in total. The first-order valence-corrected chi connectivity index (χ1v) is 6.30. The van der Waals surface area contributed by atoms with Gasteiger partial charge in [0.15, 0.2) is 0 Å². The summed E-state index contributed by atoms with van der Waals surface area (Å²) in [6.45, 7) is 4.92. The number of unbranched alkanes of at least 4 members (excludes halogenated alkanes) is 4. The summed E-state index contributed by atoms with van der Waals surface area (Å²) in [5.74, 6) is -3.59. The van der Waals surface area contributed by atoms with Gasteiger partial charge in [0, 0.05) is 5.41 Å². The maximum absolute atomic E-state index is 10.9. The van der Waals surface area contributed by atoms with Crippen LogP contribution in [0.2, 0.25) is 0 Å². The molecule has 0 aliphatic rings. The molecule has 0 rings (SSSR count). The van der Waals surface area contributed by atoms with Gasteiger partial charge in [-0.25, -0.2) is 0 Å². The molecule has 0 aliphatic heterocycles. The van der Waals surface area contributed by atoms with Crippen LogP contribution in [0.4, 0.5) is 0 Å². The number of hydrogen-bond acceptors (Lipinski definition) is 4. The fourth-order valence-electron chi connectivity index (χ4n) is 1.83. The molecule has 0 aliphatic carbocycles. The molecule has 0 saturated carbocycles. The van der Waals surface area contributed by atoms with E-state index in [4.69, 9.17) is 0 Å². The van der Waals surface area contributed by atoms with E-state index in [0.29, 0.717) is 6.42 Å². The van der Waals surface area contributed by atoms with Crippen molar-refractivity contribution in [1.82, 2.24) is 0 Å². The summed E-state index contributed by atoms with van der Waals surface area (Å²) < 4.78 is 0. The van der Waals surface area contributed by atoms with Crippen LogP contribution in [-0.4, -0.2) is 11.9 Å². The van der Waals surface area contributed by atoms with Gasteiger partial charge in [-0.3, -0.25) is 0 Å². The fourth-order valence-corrected chi connectivity index (χ4v) is 1.83. The number of carboxylic acid groups (broad SMARTS) is 2. The van der Waals surface area contributed by atoms with Crippen LogP contribution in [0.25, 0.3) is 0 Å². The first-order valence-electron chi connectivity index (χ1n) is 6.30. The van der Waals surface area contributed by atoms with Gasteiger partial charge in [0.1, 0.15) is 0 Å². The van der Waals surface area contributed by atoms with Crippen LogP contribution in [0.1, 0.15) is 59.3 Å². The van der Waals surface area contributed by atoms with Crippen molar-refractivity contribution in [1.29, 1.82) is 0 Å². The molecule has 100 valence electrons. The van der Waals surface area contributed by atoms with Gasteiger partial charge in [-0.1, -0.05) is 46.0 Å². The summed E-state index contributed by atoms with van der Waals surface area (Å²) in [6, 6.07) is 0. The molecular formula is C13H22KNaO4. The van der Waals surface area contributed by atoms with Gasteiger partial charge in [-0.05, 0) is 19.3 Å². The maximum Gasteiger partial charge on any atom is 1.00 e. The third-order valence-electron chi connectivity index (χ3n) is 3.57. The first-order chi connectivity index (χ1) is 7.87. The van der Waals surface area contributed by atoms with Crippen molar-refractivity contribution in [3.05, 3.63) is 0 Å². The van der Waals surface area contributed by atoms with Crippen LogP contribution in [0, 0.1) is 11.3 Å². The quantitative estimate of drug-likeness (QED) is 0.242. The van der Waals surface area contributed by atoms with Crippen molar-refractivity contribution in [2.75, 3.05) is 0 Å². The summed E-state index contributed by atoms with van der Waals surface area (Å²) in [6.07, 6.45) is 5.84. The molecule has 6 heteroatoms. The molecule has 0 amide bonds. The molecular weight excluding hydrogens is 282 g/mol. The molecule has 0 fully saturated rings. The standard InChI is InChI=1S/C13H24O4.K.Na/c1-4-5-6-7-8-9-10(2)13(3,11(14)15)12(16)17;;/h10H,4-9H2,1-3H3,(H,14,15)(H,16,17);;/q;2*+1/p-2. The Kier molecular flexibility index (Phi) is 17.8. The molecule has 0 aromatic heterocycles. The normalized spacial score (nSPS) is 11.9. The van der Waals surface area contributed by atoms with Gasteiger partial charge in [0.05, 0.1) is 11.9 Å². The second-order valence-corrected chi connectivity index (χ2v) is 4.88. The van der Waals surface area contributed by atoms with Crippen molar-refractivity contribution < 1.29 is 101 Å². The number of aliphatic carboxylic acids is 2. The minimum absolute atomic E-state index is 0. The van der Waals surface area contributed by atoms with Gasteiger partial charge in [-0.2, -0.15) is 0 Å². The summed E-state index contributed by atoms with van der Waals surface area (Å²) in [4.78, 5) is 21.8. The van der Waals surface area contributed by atoms with Crippen LogP contribution in [0.3, 0.4) is 0 Å². The van der Waals surface area contributed by atoms with E-state index in [1.807, 2.05) is 0 Å². The maximum atomic E-state index is 10.9. The second kappa shape index (κ2) is 13.3. The molecule has 4 nitrogen and oxygen atoms in total. The molecule has 0 saturated heterocycles. The molecule has 0 radical (unpaired) electrons. The number of carboxylic acids is 2. The van der Waals surface area contributed by atoms with Gasteiger partial charge in [-0.15, -0.1) is 0 Å². The van der Waals surface area contributed by atoms with Crippen molar-refractivity contribution >= 4 is 11.9 Å². The Balaban J connectivity index is -0.00000128. The number of rotatable bonds is 9. The average Bonchev–Trinajstić information content (AvgIpc) is 2.26. The topological polar surface area (TPSA) is 80.3 Å². The zero-order valence-electron chi connectivity index (χ0n) is 13.0. The van der Waals surface area contributed by atoms with Gasteiger partial charge >= 0.3 is 80.9 Å². The fraction of sp³-hybridized carbons (Fsp3) is 0.846. The number of carbonyl (C=O) groups is 2. The minimum Gasteiger partial charge on any atom is -0.549 e. The first kappa shape index (κ1) is 25.5. The van der Waals surface area contributed by atoms with Crippen molar-refractivity contribution in [2.45, 2.75) is 59.3 Å². The van der Waals surface area contributed by atoms with Gasteiger partial charge < -0.3 is 19.8 Å². The molecule has 1 unspecified atom stereocenters. The Hall–Kier alpha value is 1.58. The number of hydrogen-bond donors (Lipinski definition) is 0. The van der Waals surface area contributed by atoms with E-state index >= 15 is 0 Å². The third kappa shape index (κ3) is 8.56. The molecule has 0 aromatic carbocycles. The molecule has 1 atom stereocenters. The van der Waals surface area contributed by atoms with Gasteiger partial charge in [0.2, 0.25) is 0 Å². The summed E-state index contributed by atoms with van der Waals surface area (Å²) in [5, 5.41) is 21.8. The zero-order valence-corrected chi connectivity index (χ0v) is 18.1. The predicted molar refractivity (Wildman–Crippen MR) is 60.7 cm³/mol. The van der Waals surface area contributed by atoms with E-state index in [1.54, 1.807) is 6.92 Å². The molecule has 0 bridgehead atoms. The van der Waals surface area contributed by atoms with E-state index in [0.717, 1.165) is 32.1 Å². The van der Waals surface area contributed by atoms with Gasteiger partial charge in [0.25, 0.3) is 0 Å². The Morgan fingerprint density at radius 2 is 1.47 bits per heavy atom. The minimum atomic E-state index is -1.88. The molecule has 19 heavy (non-hydrogen) atoms. The van der Waals surface area contributed by atoms with Crippen LogP contribution in [0.5, 0.6) is 0 Å².